The first-order valence-corrected chi connectivity index (χ1v) is 10.5. The topological polar surface area (TPSA) is 68.8 Å². The van der Waals surface area contributed by atoms with Gasteiger partial charge in [0.25, 0.3) is 5.56 Å². The quantitative estimate of drug-likeness (QED) is 0.807. The molecule has 2 fully saturated rings. The first-order valence-electron chi connectivity index (χ1n) is 10.5. The minimum atomic E-state index is 0.0388. The maximum Gasteiger partial charge on any atom is 0.266 e. The number of aromatic nitrogens is 5. The van der Waals surface area contributed by atoms with E-state index in [2.05, 4.69) is 24.8 Å². The van der Waals surface area contributed by atoms with Crippen molar-refractivity contribution in [2.45, 2.75) is 70.5 Å². The van der Waals surface area contributed by atoms with E-state index < -0.39 is 0 Å². The van der Waals surface area contributed by atoms with Crippen molar-refractivity contribution in [3.05, 3.63) is 39.8 Å². The molecule has 0 unspecified atom stereocenters. The second-order valence-electron chi connectivity index (χ2n) is 8.41. The Balaban J connectivity index is 1.18. The SMILES string of the molecule is O=c1ccc(C2CC2)nn1CC1CCN(Cc2nnc3n2CCCC3)CC1. The van der Waals surface area contributed by atoms with Gasteiger partial charge < -0.3 is 4.57 Å². The maximum atomic E-state index is 12.2. The first-order chi connectivity index (χ1) is 13.3. The Morgan fingerprint density at radius 2 is 1.85 bits per heavy atom. The van der Waals surface area contributed by atoms with Crippen LogP contribution in [0.5, 0.6) is 0 Å². The highest BCUT2D eigenvalue weighted by Gasteiger charge is 2.27. The van der Waals surface area contributed by atoms with Crippen LogP contribution in [0.3, 0.4) is 0 Å². The molecule has 2 aromatic rings. The highest BCUT2D eigenvalue weighted by Crippen LogP contribution is 2.38. The molecular formula is C20H28N6O. The predicted molar refractivity (Wildman–Crippen MR) is 101 cm³/mol. The molecule has 3 aliphatic rings. The standard InChI is InChI=1S/C20H28N6O/c27-20-7-6-17(16-4-5-16)23-26(20)13-15-8-11-24(12-9-15)14-19-22-21-18-3-1-2-10-25(18)19/h6-7,15-16H,1-5,8-14H2. The lowest BCUT2D eigenvalue weighted by Gasteiger charge is -2.31. The normalized spacial score (nSPS) is 21.3. The van der Waals surface area contributed by atoms with Crippen LogP contribution in [0.2, 0.25) is 0 Å². The van der Waals surface area contributed by atoms with E-state index in [9.17, 15) is 4.79 Å². The number of piperidine rings is 1. The van der Waals surface area contributed by atoms with Crippen molar-refractivity contribution in [2.24, 2.45) is 5.92 Å². The van der Waals surface area contributed by atoms with Crippen molar-refractivity contribution in [3.8, 4) is 0 Å². The lowest BCUT2D eigenvalue weighted by molar-refractivity contribution is 0.158. The van der Waals surface area contributed by atoms with E-state index in [1.807, 2.05) is 6.07 Å². The van der Waals surface area contributed by atoms with Crippen LogP contribution in [0.4, 0.5) is 0 Å². The Hall–Kier alpha value is -2.02. The summed E-state index contributed by atoms with van der Waals surface area (Å²) in [7, 11) is 0. The van der Waals surface area contributed by atoms with Crippen LogP contribution >= 0.6 is 0 Å². The molecule has 0 atom stereocenters. The first kappa shape index (κ1) is 17.1. The Morgan fingerprint density at radius 3 is 2.67 bits per heavy atom. The minimum absolute atomic E-state index is 0.0388. The monoisotopic (exact) mass is 368 g/mol. The molecule has 1 aliphatic carbocycles. The zero-order valence-electron chi connectivity index (χ0n) is 15.9. The van der Waals surface area contributed by atoms with E-state index >= 15 is 0 Å². The van der Waals surface area contributed by atoms with Crippen LogP contribution in [-0.4, -0.2) is 42.5 Å². The summed E-state index contributed by atoms with van der Waals surface area (Å²) in [5.74, 6) is 3.41. The van der Waals surface area contributed by atoms with Crippen LogP contribution in [0.25, 0.3) is 0 Å². The highest BCUT2D eigenvalue weighted by atomic mass is 16.1. The average molecular weight is 368 g/mol. The predicted octanol–water partition coefficient (Wildman–Crippen LogP) is 1.96. The summed E-state index contributed by atoms with van der Waals surface area (Å²) in [5.41, 5.74) is 1.14. The van der Waals surface area contributed by atoms with E-state index in [0.29, 0.717) is 11.8 Å². The number of fused-ring (bicyclic) bond motifs is 1. The molecule has 7 heteroatoms. The van der Waals surface area contributed by atoms with Crippen LogP contribution in [-0.2, 0) is 26.1 Å². The molecule has 1 saturated heterocycles. The lowest BCUT2D eigenvalue weighted by atomic mass is 9.97. The molecule has 0 amide bonds. The fourth-order valence-corrected chi connectivity index (χ4v) is 4.45. The van der Waals surface area contributed by atoms with Gasteiger partial charge in [0, 0.05) is 31.5 Å². The van der Waals surface area contributed by atoms with Crippen molar-refractivity contribution in [1.29, 1.82) is 0 Å². The van der Waals surface area contributed by atoms with Gasteiger partial charge in [0.05, 0.1) is 12.2 Å². The van der Waals surface area contributed by atoms with E-state index in [0.717, 1.165) is 69.3 Å². The summed E-state index contributed by atoms with van der Waals surface area (Å²) < 4.78 is 4.03. The number of likely N-dealkylation sites (tertiary alicyclic amines) is 1. The minimum Gasteiger partial charge on any atom is -0.314 e. The molecule has 0 N–H and O–H groups in total. The van der Waals surface area contributed by atoms with Crippen LogP contribution in [0, 0.1) is 5.92 Å². The third kappa shape index (κ3) is 3.70. The van der Waals surface area contributed by atoms with Gasteiger partial charge in [-0.05, 0) is 63.6 Å². The van der Waals surface area contributed by atoms with Crippen molar-refractivity contribution in [3.63, 3.8) is 0 Å². The summed E-state index contributed by atoms with van der Waals surface area (Å²) in [5, 5.41) is 13.4. The van der Waals surface area contributed by atoms with Crippen molar-refractivity contribution in [2.75, 3.05) is 13.1 Å². The molecule has 2 aromatic heterocycles. The van der Waals surface area contributed by atoms with Crippen molar-refractivity contribution >= 4 is 0 Å². The number of rotatable bonds is 5. The van der Waals surface area contributed by atoms with Gasteiger partial charge in [-0.2, -0.15) is 5.10 Å². The summed E-state index contributed by atoms with van der Waals surface area (Å²) in [6.07, 6.45) is 8.20. The fraction of sp³-hybridized carbons (Fsp3) is 0.700. The van der Waals surface area contributed by atoms with Gasteiger partial charge in [0.2, 0.25) is 0 Å². The molecule has 7 nitrogen and oxygen atoms in total. The number of nitrogens with zero attached hydrogens (tertiary/aromatic N) is 6. The Morgan fingerprint density at radius 1 is 1.00 bits per heavy atom. The number of aryl methyl sites for hydroxylation is 1. The Labute approximate surface area is 159 Å². The smallest absolute Gasteiger partial charge is 0.266 e. The molecule has 0 radical (unpaired) electrons. The van der Waals surface area contributed by atoms with Crippen molar-refractivity contribution < 1.29 is 0 Å². The van der Waals surface area contributed by atoms with Gasteiger partial charge in [0.15, 0.2) is 0 Å². The second kappa shape index (κ2) is 7.19. The summed E-state index contributed by atoms with van der Waals surface area (Å²) in [6, 6.07) is 3.61. The molecule has 0 spiro atoms. The second-order valence-corrected chi connectivity index (χ2v) is 8.41. The third-order valence-electron chi connectivity index (χ3n) is 6.32. The van der Waals surface area contributed by atoms with Crippen LogP contribution in [0.15, 0.2) is 16.9 Å². The number of hydrogen-bond acceptors (Lipinski definition) is 5. The van der Waals surface area contributed by atoms with Gasteiger partial charge in [-0.3, -0.25) is 9.69 Å². The molecule has 4 heterocycles. The van der Waals surface area contributed by atoms with E-state index in [1.54, 1.807) is 10.7 Å². The number of hydrogen-bond donors (Lipinski definition) is 0. The van der Waals surface area contributed by atoms with Crippen LogP contribution in [0.1, 0.15) is 61.8 Å². The zero-order valence-corrected chi connectivity index (χ0v) is 15.9. The lowest BCUT2D eigenvalue weighted by Crippen LogP contribution is -2.37. The molecule has 144 valence electrons. The zero-order chi connectivity index (χ0) is 18.2. The molecule has 5 rings (SSSR count). The molecule has 1 saturated carbocycles. The Kier molecular flexibility index (Phi) is 4.55. The van der Waals surface area contributed by atoms with Gasteiger partial charge in [0.1, 0.15) is 11.6 Å². The van der Waals surface area contributed by atoms with Gasteiger partial charge in [-0.15, -0.1) is 10.2 Å². The largest absolute Gasteiger partial charge is 0.314 e. The molecule has 27 heavy (non-hydrogen) atoms. The summed E-state index contributed by atoms with van der Waals surface area (Å²) >= 11 is 0. The van der Waals surface area contributed by atoms with Gasteiger partial charge >= 0.3 is 0 Å². The molecule has 0 bridgehead atoms. The van der Waals surface area contributed by atoms with Crippen molar-refractivity contribution in [1.82, 2.24) is 29.4 Å². The molecular weight excluding hydrogens is 340 g/mol. The average Bonchev–Trinajstić information content (AvgIpc) is 3.47. The summed E-state index contributed by atoms with van der Waals surface area (Å²) in [4.78, 5) is 14.7. The third-order valence-corrected chi connectivity index (χ3v) is 6.32. The van der Waals surface area contributed by atoms with Gasteiger partial charge in [-0.25, -0.2) is 4.68 Å². The van der Waals surface area contributed by atoms with Gasteiger partial charge in [-0.1, -0.05) is 0 Å². The fourth-order valence-electron chi connectivity index (χ4n) is 4.45. The van der Waals surface area contributed by atoms with E-state index in [-0.39, 0.29) is 5.56 Å². The van der Waals surface area contributed by atoms with E-state index in [1.165, 1.54) is 25.7 Å². The molecule has 2 aliphatic heterocycles. The Bertz CT molecular complexity index is 860. The maximum absolute atomic E-state index is 12.2. The van der Waals surface area contributed by atoms with E-state index in [4.69, 9.17) is 0 Å². The van der Waals surface area contributed by atoms with Crippen LogP contribution < -0.4 is 5.56 Å². The molecule has 0 aromatic carbocycles. The highest BCUT2D eigenvalue weighted by molar-refractivity contribution is 5.12. The summed E-state index contributed by atoms with van der Waals surface area (Å²) in [6.45, 7) is 4.84.